The number of aromatic amines is 1. The molecular weight excluding hydrogens is 320 g/mol. The van der Waals surface area contributed by atoms with Crippen molar-refractivity contribution < 1.29 is 14.3 Å². The number of nitrogens with one attached hydrogen (secondary N) is 2. The molecule has 126 valence electrons. The molecule has 25 heavy (non-hydrogen) atoms. The Kier molecular flexibility index (Phi) is 4.75. The first kappa shape index (κ1) is 16.3. The van der Waals surface area contributed by atoms with Crippen LogP contribution in [0, 0.1) is 0 Å². The number of carbonyl (C=O) groups is 2. The number of carbonyl (C=O) groups excluding carboxylic acids is 2. The van der Waals surface area contributed by atoms with Gasteiger partial charge in [-0.15, -0.1) is 0 Å². The van der Waals surface area contributed by atoms with Crippen LogP contribution in [-0.4, -0.2) is 29.6 Å². The molecule has 7 heteroatoms. The Labute approximate surface area is 143 Å². The van der Waals surface area contributed by atoms with E-state index in [9.17, 15) is 9.59 Å². The molecule has 0 unspecified atom stereocenters. The van der Waals surface area contributed by atoms with E-state index >= 15 is 0 Å². The zero-order valence-corrected chi connectivity index (χ0v) is 13.2. The summed E-state index contributed by atoms with van der Waals surface area (Å²) in [4.78, 5) is 25.9. The maximum Gasteiger partial charge on any atom is 0.273 e. The van der Waals surface area contributed by atoms with Crippen LogP contribution in [0.15, 0.2) is 59.8 Å². The van der Waals surface area contributed by atoms with Crippen LogP contribution in [0.1, 0.15) is 15.9 Å². The normalized spacial score (nSPS) is 10.9. The molecule has 0 radical (unpaired) electrons. The van der Waals surface area contributed by atoms with Crippen LogP contribution in [-0.2, 0) is 4.79 Å². The van der Waals surface area contributed by atoms with E-state index in [1.165, 1.54) is 6.21 Å². The Morgan fingerprint density at radius 2 is 1.92 bits per heavy atom. The van der Waals surface area contributed by atoms with Crippen LogP contribution in [0.5, 0.6) is 5.75 Å². The second kappa shape index (κ2) is 7.31. The van der Waals surface area contributed by atoms with E-state index in [4.69, 9.17) is 10.5 Å². The van der Waals surface area contributed by atoms with Gasteiger partial charge in [0.25, 0.3) is 11.8 Å². The average molecular weight is 336 g/mol. The number of H-pyrrole nitrogens is 1. The Morgan fingerprint density at radius 3 is 2.68 bits per heavy atom. The van der Waals surface area contributed by atoms with Gasteiger partial charge < -0.3 is 15.5 Å². The quantitative estimate of drug-likeness (QED) is 0.471. The van der Waals surface area contributed by atoms with Crippen molar-refractivity contribution in [1.29, 1.82) is 0 Å². The number of amides is 2. The third-order valence-electron chi connectivity index (χ3n) is 3.47. The molecule has 0 aliphatic heterocycles. The molecule has 4 N–H and O–H groups in total. The van der Waals surface area contributed by atoms with E-state index in [1.807, 2.05) is 24.3 Å². The molecule has 3 rings (SSSR count). The van der Waals surface area contributed by atoms with Crippen molar-refractivity contribution in [2.24, 2.45) is 10.8 Å². The summed E-state index contributed by atoms with van der Waals surface area (Å²) in [5.41, 5.74) is 9.70. The fourth-order valence-corrected chi connectivity index (χ4v) is 2.29. The molecule has 2 amide bonds. The standard InChI is InChI=1S/C18H16N4O3/c19-17(23)11-25-13-7-5-12(6-8-13)9-21-22-18(24)15-10-20-16-4-2-1-3-14(15)16/h1-10,20H,11H2,(H2,19,23)(H,22,24)/b21-9+. The first-order chi connectivity index (χ1) is 12.1. The van der Waals surface area contributed by atoms with Crippen LogP contribution in [0.3, 0.4) is 0 Å². The van der Waals surface area contributed by atoms with Crippen LogP contribution in [0.2, 0.25) is 0 Å². The van der Waals surface area contributed by atoms with Crippen molar-refractivity contribution >= 4 is 28.9 Å². The summed E-state index contributed by atoms with van der Waals surface area (Å²) in [6.07, 6.45) is 3.17. The van der Waals surface area contributed by atoms with Crippen molar-refractivity contribution in [1.82, 2.24) is 10.4 Å². The highest BCUT2D eigenvalue weighted by molar-refractivity contribution is 6.06. The molecule has 0 bridgehead atoms. The fourth-order valence-electron chi connectivity index (χ4n) is 2.29. The Balaban J connectivity index is 1.61. The number of fused-ring (bicyclic) bond motifs is 1. The maximum absolute atomic E-state index is 12.2. The molecule has 7 nitrogen and oxygen atoms in total. The molecule has 2 aromatic carbocycles. The Bertz CT molecular complexity index is 929. The molecule has 0 spiro atoms. The molecule has 0 atom stereocenters. The number of ether oxygens (including phenoxy) is 1. The number of hydrogen-bond acceptors (Lipinski definition) is 4. The summed E-state index contributed by atoms with van der Waals surface area (Å²) >= 11 is 0. The lowest BCUT2D eigenvalue weighted by atomic mass is 10.2. The molecule has 1 heterocycles. The Hall–Kier alpha value is -3.61. The monoisotopic (exact) mass is 336 g/mol. The number of nitrogens with zero attached hydrogens (tertiary/aromatic N) is 1. The van der Waals surface area contributed by atoms with Gasteiger partial charge in [0.05, 0.1) is 11.8 Å². The summed E-state index contributed by atoms with van der Waals surface area (Å²) in [7, 11) is 0. The van der Waals surface area contributed by atoms with E-state index in [-0.39, 0.29) is 12.5 Å². The molecule has 1 aromatic heterocycles. The van der Waals surface area contributed by atoms with Crippen molar-refractivity contribution in [3.63, 3.8) is 0 Å². The van der Waals surface area contributed by atoms with E-state index in [2.05, 4.69) is 15.5 Å². The minimum atomic E-state index is -0.536. The molecule has 0 aliphatic carbocycles. The number of para-hydroxylation sites is 1. The van der Waals surface area contributed by atoms with Gasteiger partial charge in [-0.3, -0.25) is 9.59 Å². The lowest BCUT2D eigenvalue weighted by molar-refractivity contribution is -0.119. The van der Waals surface area contributed by atoms with Gasteiger partial charge >= 0.3 is 0 Å². The number of aromatic nitrogens is 1. The fraction of sp³-hybridized carbons (Fsp3) is 0.0556. The number of rotatable bonds is 6. The lowest BCUT2D eigenvalue weighted by Crippen LogP contribution is -2.20. The number of hydrazone groups is 1. The zero-order chi connectivity index (χ0) is 17.6. The predicted octanol–water partition coefficient (Wildman–Crippen LogP) is 1.80. The maximum atomic E-state index is 12.2. The minimum Gasteiger partial charge on any atom is -0.484 e. The number of nitrogens with two attached hydrogens (primary N) is 1. The summed E-state index contributed by atoms with van der Waals surface area (Å²) in [6.45, 7) is -0.173. The highest BCUT2D eigenvalue weighted by Gasteiger charge is 2.10. The summed E-state index contributed by atoms with van der Waals surface area (Å²) < 4.78 is 5.16. The number of primary amides is 1. The highest BCUT2D eigenvalue weighted by Crippen LogP contribution is 2.17. The third kappa shape index (κ3) is 4.03. The SMILES string of the molecule is NC(=O)COc1ccc(/C=N/NC(=O)c2c[nH]c3ccccc23)cc1. The first-order valence-electron chi connectivity index (χ1n) is 7.54. The zero-order valence-electron chi connectivity index (χ0n) is 13.2. The van der Waals surface area contributed by atoms with Gasteiger partial charge in [0.15, 0.2) is 6.61 Å². The van der Waals surface area contributed by atoms with E-state index in [0.717, 1.165) is 16.5 Å². The van der Waals surface area contributed by atoms with Crippen LogP contribution < -0.4 is 15.9 Å². The largest absolute Gasteiger partial charge is 0.484 e. The topological polar surface area (TPSA) is 110 Å². The molecule has 0 fully saturated rings. The second-order valence-electron chi connectivity index (χ2n) is 5.27. The van der Waals surface area contributed by atoms with Gasteiger partial charge in [-0.1, -0.05) is 18.2 Å². The smallest absolute Gasteiger partial charge is 0.273 e. The third-order valence-corrected chi connectivity index (χ3v) is 3.47. The van der Waals surface area contributed by atoms with E-state index < -0.39 is 5.91 Å². The molecule has 3 aromatic rings. The molecular formula is C18H16N4O3. The number of benzene rings is 2. The summed E-state index contributed by atoms with van der Waals surface area (Å²) in [5.74, 6) is -0.306. The summed E-state index contributed by atoms with van der Waals surface area (Å²) in [5, 5.41) is 4.79. The van der Waals surface area contributed by atoms with Gasteiger partial charge in [-0.2, -0.15) is 5.10 Å². The van der Waals surface area contributed by atoms with Crippen molar-refractivity contribution in [2.45, 2.75) is 0 Å². The average Bonchev–Trinajstić information content (AvgIpc) is 3.05. The minimum absolute atomic E-state index is 0.173. The van der Waals surface area contributed by atoms with Crippen molar-refractivity contribution in [3.05, 3.63) is 65.9 Å². The lowest BCUT2D eigenvalue weighted by Gasteiger charge is -2.03. The van der Waals surface area contributed by atoms with Gasteiger partial charge in [-0.05, 0) is 35.9 Å². The van der Waals surface area contributed by atoms with Crippen LogP contribution >= 0.6 is 0 Å². The Morgan fingerprint density at radius 1 is 1.16 bits per heavy atom. The van der Waals surface area contributed by atoms with Crippen LogP contribution in [0.25, 0.3) is 10.9 Å². The molecule has 0 aliphatic rings. The molecule has 0 saturated heterocycles. The van der Waals surface area contributed by atoms with Gasteiger partial charge in [0.2, 0.25) is 0 Å². The second-order valence-corrected chi connectivity index (χ2v) is 5.27. The highest BCUT2D eigenvalue weighted by atomic mass is 16.5. The first-order valence-corrected chi connectivity index (χ1v) is 7.54. The van der Waals surface area contributed by atoms with Crippen LogP contribution in [0.4, 0.5) is 0 Å². The predicted molar refractivity (Wildman–Crippen MR) is 94.5 cm³/mol. The van der Waals surface area contributed by atoms with Crippen molar-refractivity contribution in [2.75, 3.05) is 6.61 Å². The molecule has 0 saturated carbocycles. The van der Waals surface area contributed by atoms with Crippen molar-refractivity contribution in [3.8, 4) is 5.75 Å². The number of hydrogen-bond donors (Lipinski definition) is 3. The van der Waals surface area contributed by atoms with E-state index in [1.54, 1.807) is 30.5 Å². The summed E-state index contributed by atoms with van der Waals surface area (Å²) in [6, 6.07) is 14.4. The van der Waals surface area contributed by atoms with Gasteiger partial charge in [0, 0.05) is 17.1 Å². The van der Waals surface area contributed by atoms with E-state index in [0.29, 0.717) is 11.3 Å². The van der Waals surface area contributed by atoms with Gasteiger partial charge in [-0.25, -0.2) is 5.43 Å². The van der Waals surface area contributed by atoms with Gasteiger partial charge in [0.1, 0.15) is 5.75 Å².